The van der Waals surface area contributed by atoms with Gasteiger partial charge in [-0.1, -0.05) is 0 Å². The standard InChI is InChI=1S/C8H10BNO3/c11-9(12)13-8-3-7(4-10-5-8)6-1-2-6/h3-6,11-12H,1-2H2. The van der Waals surface area contributed by atoms with Crippen molar-refractivity contribution in [3.8, 4) is 5.75 Å². The van der Waals surface area contributed by atoms with Gasteiger partial charge in [-0.2, -0.15) is 0 Å². The minimum absolute atomic E-state index is 0.402. The van der Waals surface area contributed by atoms with Crippen LogP contribution in [-0.2, 0) is 0 Å². The Hall–Kier alpha value is -1.07. The summed E-state index contributed by atoms with van der Waals surface area (Å²) in [6, 6.07) is 1.80. The maximum absolute atomic E-state index is 8.56. The van der Waals surface area contributed by atoms with Crippen molar-refractivity contribution in [2.24, 2.45) is 0 Å². The molecule has 2 rings (SSSR count). The normalized spacial score (nSPS) is 15.5. The summed E-state index contributed by atoms with van der Waals surface area (Å²) in [7, 11) is -1.77. The number of hydrogen-bond donors (Lipinski definition) is 2. The van der Waals surface area contributed by atoms with Crippen LogP contribution in [0.1, 0.15) is 24.3 Å². The Kier molecular flexibility index (Phi) is 2.20. The van der Waals surface area contributed by atoms with Crippen LogP contribution in [0.2, 0.25) is 0 Å². The Balaban J connectivity index is 2.12. The van der Waals surface area contributed by atoms with Gasteiger partial charge in [-0.15, -0.1) is 0 Å². The van der Waals surface area contributed by atoms with Gasteiger partial charge in [0.2, 0.25) is 0 Å². The molecule has 0 atom stereocenters. The maximum atomic E-state index is 8.56. The highest BCUT2D eigenvalue weighted by atomic mass is 16.6. The summed E-state index contributed by atoms with van der Waals surface area (Å²) in [5.41, 5.74) is 1.11. The Morgan fingerprint density at radius 2 is 2.15 bits per heavy atom. The average molecular weight is 179 g/mol. The molecule has 0 unspecified atom stereocenters. The molecule has 0 amide bonds. The first-order chi connectivity index (χ1) is 6.25. The SMILES string of the molecule is OB(O)Oc1cncc(C2CC2)c1. The van der Waals surface area contributed by atoms with Crippen LogP contribution >= 0.6 is 0 Å². The number of aromatic nitrogens is 1. The van der Waals surface area contributed by atoms with Crippen LogP contribution in [0.3, 0.4) is 0 Å². The van der Waals surface area contributed by atoms with Crippen molar-refractivity contribution in [1.29, 1.82) is 0 Å². The lowest BCUT2D eigenvalue weighted by atomic mass is 10.2. The van der Waals surface area contributed by atoms with Crippen molar-refractivity contribution in [3.05, 3.63) is 24.0 Å². The molecule has 1 heterocycles. The highest BCUT2D eigenvalue weighted by Crippen LogP contribution is 2.40. The highest BCUT2D eigenvalue weighted by molar-refractivity contribution is 6.33. The third kappa shape index (κ3) is 2.20. The zero-order valence-corrected chi connectivity index (χ0v) is 7.05. The fourth-order valence-electron chi connectivity index (χ4n) is 1.26. The van der Waals surface area contributed by atoms with Gasteiger partial charge in [0.15, 0.2) is 0 Å². The van der Waals surface area contributed by atoms with Gasteiger partial charge in [0.1, 0.15) is 5.75 Å². The van der Waals surface area contributed by atoms with E-state index in [0.29, 0.717) is 11.7 Å². The Morgan fingerprint density at radius 1 is 1.38 bits per heavy atom. The van der Waals surface area contributed by atoms with E-state index in [-0.39, 0.29) is 0 Å². The molecule has 5 heteroatoms. The summed E-state index contributed by atoms with van der Waals surface area (Å²) >= 11 is 0. The van der Waals surface area contributed by atoms with Crippen LogP contribution < -0.4 is 4.65 Å². The van der Waals surface area contributed by atoms with E-state index in [2.05, 4.69) is 9.64 Å². The van der Waals surface area contributed by atoms with Crippen LogP contribution in [0.25, 0.3) is 0 Å². The summed E-state index contributed by atoms with van der Waals surface area (Å²) in [5.74, 6) is 0.992. The molecular weight excluding hydrogens is 169 g/mol. The van der Waals surface area contributed by atoms with E-state index >= 15 is 0 Å². The quantitative estimate of drug-likeness (QED) is 0.655. The van der Waals surface area contributed by atoms with Crippen molar-refractivity contribution in [3.63, 3.8) is 0 Å². The monoisotopic (exact) mass is 179 g/mol. The molecule has 2 N–H and O–H groups in total. The second-order valence-electron chi connectivity index (χ2n) is 3.17. The molecule has 0 radical (unpaired) electrons. The van der Waals surface area contributed by atoms with E-state index < -0.39 is 7.32 Å². The van der Waals surface area contributed by atoms with Gasteiger partial charge in [-0.25, -0.2) is 0 Å². The molecule has 0 aromatic carbocycles. The van der Waals surface area contributed by atoms with E-state index in [9.17, 15) is 0 Å². The van der Waals surface area contributed by atoms with Gasteiger partial charge in [-0.05, 0) is 30.4 Å². The molecule has 1 fully saturated rings. The molecule has 0 spiro atoms. The fourth-order valence-corrected chi connectivity index (χ4v) is 1.26. The van der Waals surface area contributed by atoms with Gasteiger partial charge in [0, 0.05) is 6.20 Å². The molecule has 13 heavy (non-hydrogen) atoms. The van der Waals surface area contributed by atoms with Crippen molar-refractivity contribution in [2.75, 3.05) is 0 Å². The van der Waals surface area contributed by atoms with E-state index in [1.807, 2.05) is 0 Å². The van der Waals surface area contributed by atoms with Crippen molar-refractivity contribution in [2.45, 2.75) is 18.8 Å². The van der Waals surface area contributed by atoms with Gasteiger partial charge < -0.3 is 14.7 Å². The van der Waals surface area contributed by atoms with E-state index in [0.717, 1.165) is 5.56 Å². The molecule has 1 aromatic rings. The van der Waals surface area contributed by atoms with Crippen molar-refractivity contribution >= 4 is 7.32 Å². The number of nitrogens with zero attached hydrogens (tertiary/aromatic N) is 1. The molecule has 1 aromatic heterocycles. The van der Waals surface area contributed by atoms with Crippen LogP contribution in [0, 0.1) is 0 Å². The third-order valence-corrected chi connectivity index (χ3v) is 2.02. The van der Waals surface area contributed by atoms with E-state index in [1.54, 1.807) is 12.3 Å². The minimum Gasteiger partial charge on any atom is -0.511 e. The number of hydrogen-bond acceptors (Lipinski definition) is 4. The van der Waals surface area contributed by atoms with Crippen molar-refractivity contribution < 1.29 is 14.7 Å². The molecular formula is C8H10BNO3. The first kappa shape index (κ1) is 8.53. The first-order valence-electron chi connectivity index (χ1n) is 4.23. The molecule has 0 bridgehead atoms. The van der Waals surface area contributed by atoms with Gasteiger partial charge in [-0.3, -0.25) is 4.98 Å². The molecule has 0 saturated heterocycles. The number of pyridine rings is 1. The fraction of sp³-hybridized carbons (Fsp3) is 0.375. The second-order valence-corrected chi connectivity index (χ2v) is 3.17. The van der Waals surface area contributed by atoms with Crippen LogP contribution in [0.5, 0.6) is 5.75 Å². The van der Waals surface area contributed by atoms with Crippen LogP contribution in [0.15, 0.2) is 18.5 Å². The largest absolute Gasteiger partial charge is 0.707 e. The van der Waals surface area contributed by atoms with E-state index in [1.165, 1.54) is 19.0 Å². The van der Waals surface area contributed by atoms with Gasteiger partial charge in [0.05, 0.1) is 6.20 Å². The molecule has 1 aliphatic rings. The molecule has 0 aliphatic heterocycles. The Bertz CT molecular complexity index is 301. The third-order valence-electron chi connectivity index (χ3n) is 2.02. The maximum Gasteiger partial charge on any atom is 0.707 e. The average Bonchev–Trinajstić information content (AvgIpc) is 2.85. The molecule has 1 aliphatic carbocycles. The van der Waals surface area contributed by atoms with Gasteiger partial charge >= 0.3 is 7.32 Å². The summed E-state index contributed by atoms with van der Waals surface area (Å²) in [4.78, 5) is 3.95. The van der Waals surface area contributed by atoms with E-state index in [4.69, 9.17) is 10.0 Å². The van der Waals surface area contributed by atoms with Crippen LogP contribution in [0.4, 0.5) is 0 Å². The topological polar surface area (TPSA) is 62.6 Å². The lowest BCUT2D eigenvalue weighted by molar-refractivity contribution is 0.287. The lowest BCUT2D eigenvalue weighted by Gasteiger charge is -2.05. The summed E-state index contributed by atoms with van der Waals surface area (Å²) in [5, 5.41) is 17.1. The zero-order chi connectivity index (χ0) is 9.26. The Labute approximate surface area is 76.4 Å². The van der Waals surface area contributed by atoms with Gasteiger partial charge in [0.25, 0.3) is 0 Å². The second kappa shape index (κ2) is 3.36. The molecule has 68 valence electrons. The summed E-state index contributed by atoms with van der Waals surface area (Å²) < 4.78 is 4.68. The zero-order valence-electron chi connectivity index (χ0n) is 7.05. The van der Waals surface area contributed by atoms with Crippen molar-refractivity contribution in [1.82, 2.24) is 4.98 Å². The summed E-state index contributed by atoms with van der Waals surface area (Å²) in [6.45, 7) is 0. The number of rotatable bonds is 3. The summed E-state index contributed by atoms with van der Waals surface area (Å²) in [6.07, 6.45) is 5.62. The smallest absolute Gasteiger partial charge is 0.511 e. The first-order valence-corrected chi connectivity index (χ1v) is 4.23. The minimum atomic E-state index is -1.77. The predicted molar refractivity (Wildman–Crippen MR) is 47.0 cm³/mol. The Morgan fingerprint density at radius 3 is 2.77 bits per heavy atom. The lowest BCUT2D eigenvalue weighted by Crippen LogP contribution is -2.20. The molecule has 1 saturated carbocycles. The highest BCUT2D eigenvalue weighted by Gasteiger charge is 2.24. The van der Waals surface area contributed by atoms with Crippen LogP contribution in [-0.4, -0.2) is 22.4 Å². The molecule has 4 nitrogen and oxygen atoms in total. The predicted octanol–water partition coefficient (Wildman–Crippen LogP) is 0.307.